The van der Waals surface area contributed by atoms with Crippen molar-refractivity contribution in [2.45, 2.75) is 6.18 Å². The van der Waals surface area contributed by atoms with Gasteiger partial charge in [-0.05, 0) is 12.1 Å². The van der Waals surface area contributed by atoms with Crippen LogP contribution in [0.25, 0.3) is 0 Å². The molecule has 0 saturated carbocycles. The first-order valence-electron chi connectivity index (χ1n) is 5.74. The topological polar surface area (TPSA) is 90.7 Å². The van der Waals surface area contributed by atoms with E-state index in [9.17, 15) is 22.8 Å². The average molecular weight is 306 g/mol. The molecule has 0 unspecified atom stereocenters. The number of esters is 1. The van der Waals surface area contributed by atoms with Crippen LogP contribution >= 0.6 is 0 Å². The van der Waals surface area contributed by atoms with Crippen LogP contribution in [0.5, 0.6) is 5.75 Å². The minimum Gasteiger partial charge on any atom is -0.482 e. The highest BCUT2D eigenvalue weighted by atomic mass is 19.4. The number of nitrogens with two attached hydrogens (primary N) is 1. The summed E-state index contributed by atoms with van der Waals surface area (Å²) in [7, 11) is 0. The average Bonchev–Trinajstić information content (AvgIpc) is 2.40. The summed E-state index contributed by atoms with van der Waals surface area (Å²) in [4.78, 5) is 22.2. The highest BCUT2D eigenvalue weighted by Crippen LogP contribution is 2.14. The normalized spacial score (nSPS) is 10.8. The zero-order chi connectivity index (χ0) is 15.9. The Morgan fingerprint density at radius 1 is 1.24 bits per heavy atom. The summed E-state index contributed by atoms with van der Waals surface area (Å²) < 4.78 is 44.9. The van der Waals surface area contributed by atoms with Crippen LogP contribution in [0.4, 0.5) is 18.9 Å². The number of hydrogen-bond acceptors (Lipinski definition) is 5. The third kappa shape index (κ3) is 7.65. The van der Waals surface area contributed by atoms with E-state index >= 15 is 0 Å². The number of carbonyl (C=O) groups is 2. The van der Waals surface area contributed by atoms with Gasteiger partial charge in [-0.2, -0.15) is 13.2 Å². The molecule has 0 aliphatic carbocycles. The van der Waals surface area contributed by atoms with Crippen LogP contribution < -0.4 is 15.8 Å². The molecule has 0 aliphatic heterocycles. The molecule has 1 amide bonds. The van der Waals surface area contributed by atoms with Gasteiger partial charge < -0.3 is 20.5 Å². The van der Waals surface area contributed by atoms with Crippen molar-refractivity contribution in [2.24, 2.45) is 0 Å². The molecule has 9 heteroatoms. The number of alkyl halides is 3. The number of nitrogen functional groups attached to an aromatic ring is 1. The second kappa shape index (κ2) is 7.36. The molecule has 0 fully saturated rings. The van der Waals surface area contributed by atoms with Gasteiger partial charge in [-0.15, -0.1) is 0 Å². The number of amides is 1. The summed E-state index contributed by atoms with van der Waals surface area (Å²) in [6.07, 6.45) is -4.52. The Bertz CT molecular complexity index is 506. The largest absolute Gasteiger partial charge is 0.482 e. The molecule has 0 bridgehead atoms. The molecule has 6 nitrogen and oxygen atoms in total. The quantitative estimate of drug-likeness (QED) is 0.601. The smallest absolute Gasteiger partial charge is 0.405 e. The van der Waals surface area contributed by atoms with E-state index in [0.717, 1.165) is 0 Å². The Morgan fingerprint density at radius 2 is 1.95 bits per heavy atom. The van der Waals surface area contributed by atoms with Crippen molar-refractivity contribution in [3.63, 3.8) is 0 Å². The van der Waals surface area contributed by atoms with Gasteiger partial charge in [0.15, 0.2) is 13.2 Å². The van der Waals surface area contributed by atoms with Crippen molar-refractivity contribution < 1.29 is 32.2 Å². The van der Waals surface area contributed by atoms with Gasteiger partial charge in [0.2, 0.25) is 0 Å². The van der Waals surface area contributed by atoms with Gasteiger partial charge in [-0.3, -0.25) is 4.79 Å². The van der Waals surface area contributed by atoms with Crippen LogP contribution in [-0.2, 0) is 14.3 Å². The molecule has 0 spiro atoms. The predicted molar refractivity (Wildman–Crippen MR) is 66.4 cm³/mol. The van der Waals surface area contributed by atoms with Crippen molar-refractivity contribution in [2.75, 3.05) is 25.5 Å². The van der Waals surface area contributed by atoms with E-state index < -0.39 is 37.8 Å². The van der Waals surface area contributed by atoms with Gasteiger partial charge in [-0.1, -0.05) is 6.07 Å². The minimum absolute atomic E-state index is 0.327. The van der Waals surface area contributed by atoms with E-state index in [1.54, 1.807) is 23.5 Å². The number of hydrogen-bond donors (Lipinski definition) is 2. The molecule has 1 rings (SSSR count). The van der Waals surface area contributed by atoms with Crippen molar-refractivity contribution in [3.8, 4) is 5.75 Å². The fourth-order valence-electron chi connectivity index (χ4n) is 1.18. The summed E-state index contributed by atoms with van der Waals surface area (Å²) >= 11 is 0. The Labute approximate surface area is 118 Å². The molecular weight excluding hydrogens is 293 g/mol. The van der Waals surface area contributed by atoms with Crippen LogP contribution in [0.2, 0.25) is 0 Å². The molecule has 0 aromatic heterocycles. The summed E-state index contributed by atoms with van der Waals surface area (Å²) in [5.74, 6) is -1.61. The van der Waals surface area contributed by atoms with Crippen molar-refractivity contribution in [1.82, 2.24) is 5.32 Å². The van der Waals surface area contributed by atoms with E-state index in [-0.39, 0.29) is 0 Å². The number of nitrogens with one attached hydrogen (secondary N) is 1. The predicted octanol–water partition coefficient (Wildman–Crippen LogP) is 0.869. The number of halogens is 3. The van der Waals surface area contributed by atoms with Crippen molar-refractivity contribution >= 4 is 17.6 Å². The van der Waals surface area contributed by atoms with Crippen LogP contribution in [-0.4, -0.2) is 37.8 Å². The third-order valence-electron chi connectivity index (χ3n) is 2.07. The highest BCUT2D eigenvalue weighted by molar-refractivity contribution is 5.80. The van der Waals surface area contributed by atoms with Gasteiger partial charge in [0.25, 0.3) is 5.91 Å². The van der Waals surface area contributed by atoms with E-state index in [4.69, 9.17) is 10.5 Å². The first-order chi connectivity index (χ1) is 9.76. The SMILES string of the molecule is Nc1cccc(OCC(=O)OCC(=O)NCC(F)(F)F)c1. The highest BCUT2D eigenvalue weighted by Gasteiger charge is 2.27. The lowest BCUT2D eigenvalue weighted by Gasteiger charge is -2.09. The first-order valence-corrected chi connectivity index (χ1v) is 5.74. The standard InChI is InChI=1S/C12H13F3N2O4/c13-12(14,15)7-17-10(18)5-21-11(19)6-20-9-3-1-2-8(16)4-9/h1-4H,5-7,16H2,(H,17,18). The Hall–Kier alpha value is -2.45. The number of carbonyl (C=O) groups excluding carboxylic acids is 2. The fourth-order valence-corrected chi connectivity index (χ4v) is 1.18. The molecule has 0 atom stereocenters. The van der Waals surface area contributed by atoms with Crippen molar-refractivity contribution in [1.29, 1.82) is 0 Å². The molecule has 1 aromatic carbocycles. The second-order valence-electron chi connectivity index (χ2n) is 3.91. The van der Waals surface area contributed by atoms with Gasteiger partial charge in [-0.25, -0.2) is 4.79 Å². The summed E-state index contributed by atoms with van der Waals surface area (Å²) in [5, 5.41) is 1.56. The van der Waals surface area contributed by atoms with Crippen LogP contribution in [0.3, 0.4) is 0 Å². The maximum absolute atomic E-state index is 11.8. The summed E-state index contributed by atoms with van der Waals surface area (Å²) in [6, 6.07) is 6.26. The third-order valence-corrected chi connectivity index (χ3v) is 2.07. The monoisotopic (exact) mass is 306 g/mol. The molecule has 0 heterocycles. The number of rotatable bonds is 6. The molecule has 0 aliphatic rings. The van der Waals surface area contributed by atoms with Crippen molar-refractivity contribution in [3.05, 3.63) is 24.3 Å². The molecule has 1 aromatic rings. The lowest BCUT2D eigenvalue weighted by molar-refractivity contribution is -0.152. The Kier molecular flexibility index (Phi) is 5.82. The van der Waals surface area contributed by atoms with E-state index in [1.807, 2.05) is 0 Å². The Balaban J connectivity index is 2.23. The van der Waals surface area contributed by atoms with Gasteiger partial charge in [0, 0.05) is 11.8 Å². The molecule has 3 N–H and O–H groups in total. The molecular formula is C12H13F3N2O4. The lowest BCUT2D eigenvalue weighted by Crippen LogP contribution is -2.36. The van der Waals surface area contributed by atoms with E-state index in [0.29, 0.717) is 11.4 Å². The first kappa shape index (κ1) is 16.6. The lowest BCUT2D eigenvalue weighted by atomic mass is 10.3. The van der Waals surface area contributed by atoms with Crippen LogP contribution in [0, 0.1) is 0 Å². The fraction of sp³-hybridized carbons (Fsp3) is 0.333. The summed E-state index contributed by atoms with van der Waals surface area (Å²) in [6.45, 7) is -2.78. The van der Waals surface area contributed by atoms with Gasteiger partial charge in [0.05, 0.1) is 0 Å². The maximum atomic E-state index is 11.8. The molecule has 116 valence electrons. The molecule has 0 radical (unpaired) electrons. The maximum Gasteiger partial charge on any atom is 0.405 e. The zero-order valence-corrected chi connectivity index (χ0v) is 10.8. The number of benzene rings is 1. The summed E-state index contributed by atoms with van der Waals surface area (Å²) in [5.41, 5.74) is 5.93. The molecule has 21 heavy (non-hydrogen) atoms. The van der Waals surface area contributed by atoms with E-state index in [2.05, 4.69) is 4.74 Å². The van der Waals surface area contributed by atoms with Gasteiger partial charge in [0.1, 0.15) is 12.3 Å². The molecule has 0 saturated heterocycles. The van der Waals surface area contributed by atoms with Crippen LogP contribution in [0.1, 0.15) is 0 Å². The number of ether oxygens (including phenoxy) is 2. The van der Waals surface area contributed by atoms with Crippen LogP contribution in [0.15, 0.2) is 24.3 Å². The van der Waals surface area contributed by atoms with Gasteiger partial charge >= 0.3 is 12.1 Å². The second-order valence-corrected chi connectivity index (χ2v) is 3.91. The Morgan fingerprint density at radius 3 is 2.57 bits per heavy atom. The van der Waals surface area contributed by atoms with E-state index in [1.165, 1.54) is 6.07 Å². The zero-order valence-electron chi connectivity index (χ0n) is 10.8. The minimum atomic E-state index is -4.52. The number of anilines is 1.